The van der Waals surface area contributed by atoms with Crippen molar-refractivity contribution in [1.29, 1.82) is 0 Å². The fraction of sp³-hybridized carbons (Fsp3) is 0.429. The number of hydrogen-bond donors (Lipinski definition) is 9. The molecule has 7 aromatic rings. The van der Waals surface area contributed by atoms with Crippen molar-refractivity contribution in [3.05, 3.63) is 203 Å². The van der Waals surface area contributed by atoms with Gasteiger partial charge in [0.25, 0.3) is 0 Å². The molecule has 1 aliphatic carbocycles. The minimum atomic E-state index is -2.48. The van der Waals surface area contributed by atoms with E-state index in [0.717, 1.165) is 49.8 Å². The number of nitrogens with one attached hydrogen (secondary N) is 8. The van der Waals surface area contributed by atoms with E-state index in [1.807, 2.05) is 205 Å². The molecule has 0 radical (unpaired) electrons. The number of carbonyl (C=O) groups excluding carboxylic acids is 10. The molecule has 9 amide bonds. The number of aromatic nitrogens is 1. The summed E-state index contributed by atoms with van der Waals surface area (Å²) in [4.78, 5) is 149. The molecule has 1 unspecified atom stereocenters. The number of nitrogens with zero attached hydrogens (tertiary/aromatic N) is 1. The van der Waals surface area contributed by atoms with Crippen molar-refractivity contribution in [2.45, 2.75) is 178 Å². The Morgan fingerprint density at radius 3 is 1.72 bits per heavy atom. The number of alkyl carbamates (subject to hydrolysis) is 1. The number of benzene rings is 6. The van der Waals surface area contributed by atoms with Gasteiger partial charge in [-0.2, -0.15) is 0 Å². The molecule has 0 spiro atoms. The van der Waals surface area contributed by atoms with E-state index in [9.17, 15) is 33.6 Å². The van der Waals surface area contributed by atoms with Crippen molar-refractivity contribution in [2.24, 2.45) is 23.5 Å². The summed E-state index contributed by atoms with van der Waals surface area (Å²) in [6.45, 7) is 21.7. The Labute approximate surface area is 644 Å². The van der Waals surface area contributed by atoms with Crippen LogP contribution in [-0.2, 0) is 68.2 Å². The number of thioether (sulfide) groups is 1. The molecule has 2 aliphatic rings. The van der Waals surface area contributed by atoms with Crippen LogP contribution in [0.5, 0.6) is 0 Å². The fourth-order valence-corrected chi connectivity index (χ4v) is 16.9. The van der Waals surface area contributed by atoms with Gasteiger partial charge in [-0.25, -0.2) is 9.59 Å². The summed E-state index contributed by atoms with van der Waals surface area (Å²) in [6, 6.07) is 44.1. The van der Waals surface area contributed by atoms with E-state index in [-0.39, 0.29) is 48.6 Å². The number of esters is 1. The third kappa shape index (κ3) is 19.9. The minimum absolute atomic E-state index is 0.000372. The molecule has 1 aromatic heterocycles. The van der Waals surface area contributed by atoms with Crippen molar-refractivity contribution in [2.75, 3.05) is 32.6 Å². The third-order valence-electron chi connectivity index (χ3n) is 21.9. The van der Waals surface area contributed by atoms with Crippen molar-refractivity contribution >= 4 is 90.3 Å². The minimum Gasteiger partial charge on any atom is -0.467 e. The monoisotopic (exact) mass is 1520 g/mol. The number of amides is 9. The van der Waals surface area contributed by atoms with E-state index in [4.69, 9.17) is 19.6 Å². The summed E-state index contributed by atoms with van der Waals surface area (Å²) < 4.78 is 16.8. The number of ether oxygens (including phenoxy) is 2. The molecule has 2 heterocycles. The number of methoxy groups -OCH3 is 1. The van der Waals surface area contributed by atoms with E-state index in [0.29, 0.717) is 18.4 Å². The van der Waals surface area contributed by atoms with Gasteiger partial charge in [0.05, 0.1) is 30.9 Å². The van der Waals surface area contributed by atoms with Crippen LogP contribution in [0.3, 0.4) is 0 Å². The molecular weight excluding hydrogens is 1420 g/mol. The van der Waals surface area contributed by atoms with E-state index in [1.165, 1.54) is 37.6 Å². The number of primary amides is 1. The number of rotatable bonds is 34. The Kier molecular flexibility index (Phi) is 27.7. The van der Waals surface area contributed by atoms with Crippen LogP contribution in [-0.4, -0.2) is 158 Å². The second kappa shape index (κ2) is 36.4. The number of fused-ring (bicyclic) bond motifs is 4. The number of likely N-dealkylation sites (tertiary alicyclic amines) is 1. The molecule has 0 bridgehead atoms. The van der Waals surface area contributed by atoms with E-state index < -0.39 is 145 Å². The molecule has 1 fully saturated rings. The molecule has 6 aromatic carbocycles. The molecule has 1 saturated heterocycles. The Bertz CT molecular complexity index is 4240. The molecule has 0 saturated carbocycles. The second-order valence-corrected chi connectivity index (χ2v) is 36.7. The van der Waals surface area contributed by atoms with Crippen molar-refractivity contribution in [1.82, 2.24) is 47.1 Å². The average Bonchev–Trinajstić information content (AvgIpc) is 1.35. The Balaban J connectivity index is 0.941. The van der Waals surface area contributed by atoms with Gasteiger partial charge in [0.15, 0.2) is 8.32 Å². The molecule has 109 heavy (non-hydrogen) atoms. The Hall–Kier alpha value is -10.1. The molecule has 10 atom stereocenters. The van der Waals surface area contributed by atoms with Gasteiger partial charge < -0.3 is 66.7 Å². The second-order valence-electron chi connectivity index (χ2n) is 30.7. The largest absolute Gasteiger partial charge is 0.467 e. The molecule has 580 valence electrons. The lowest BCUT2D eigenvalue weighted by Gasteiger charge is -2.38. The lowest BCUT2D eigenvalue weighted by atomic mass is 9.84. The topological polar surface area (TPSA) is 328 Å². The van der Waals surface area contributed by atoms with Crippen molar-refractivity contribution < 1.29 is 61.8 Å². The number of H-pyrrole nitrogens is 1. The first kappa shape index (κ1) is 82.9. The van der Waals surface area contributed by atoms with Crippen LogP contribution in [0.2, 0.25) is 18.1 Å². The van der Waals surface area contributed by atoms with Crippen LogP contribution in [0.25, 0.3) is 22.0 Å². The standard InChI is InChI=1S/C84H106N10O13SSi/c1-14-51(3)53(5)73(92-81(104)106-49-64-62-40-27-25-38-60(62)61-39-26-28-41-63(61)64)76(99)88-66(43-54-46-86-65-42-30-29-37-59(54)65)74(97)87-47-71(96)91-72(52(4)15-2)77(100)93-83(9,10)80(103)90-68(50-108-84(55-31-19-16-20-32-55,56-33-21-17-22-34-56)57-35-23-18-24-36-57)75(98)89-67(45-70(85)95)78(101)94-48-58(44-69(94)79(102)105-11)107-109(12,13)82(6,7)8/h16-42,46,51-53,58,64,66-69,72-73,86H,14-15,43-45,47-50H2,1-13H3,(H2,85,95)(H,87,97)(H,88,99)(H,89,98)(H,90,103)(H,91,96)(H,92,104)(H,93,100)/t51-,52-,53-,58+,66?,67-,68-,69-,72-,73-/m0/s1. The van der Waals surface area contributed by atoms with Gasteiger partial charge >= 0.3 is 12.1 Å². The van der Waals surface area contributed by atoms with Crippen LogP contribution in [0.15, 0.2) is 170 Å². The summed E-state index contributed by atoms with van der Waals surface area (Å²) in [6.07, 6.45) is 0.685. The molecule has 25 heteroatoms. The maximum absolute atomic E-state index is 15.5. The summed E-state index contributed by atoms with van der Waals surface area (Å²) in [5.41, 5.74) is 12.1. The summed E-state index contributed by atoms with van der Waals surface area (Å²) in [7, 11) is -1.28. The van der Waals surface area contributed by atoms with Gasteiger partial charge in [0, 0.05) is 48.2 Å². The normalized spacial score (nSPS) is 16.6. The zero-order valence-electron chi connectivity index (χ0n) is 64.6. The van der Waals surface area contributed by atoms with Crippen LogP contribution >= 0.6 is 11.8 Å². The molecular formula is C84H106N10O13SSi. The summed E-state index contributed by atoms with van der Waals surface area (Å²) >= 11 is 1.32. The smallest absolute Gasteiger partial charge is 0.407 e. The highest BCUT2D eigenvalue weighted by Gasteiger charge is 2.49. The zero-order valence-corrected chi connectivity index (χ0v) is 66.4. The first-order chi connectivity index (χ1) is 51.8. The van der Waals surface area contributed by atoms with Crippen LogP contribution in [0.1, 0.15) is 134 Å². The predicted octanol–water partition coefficient (Wildman–Crippen LogP) is 10.1. The van der Waals surface area contributed by atoms with Crippen molar-refractivity contribution in [3.8, 4) is 11.1 Å². The first-order valence-corrected chi connectivity index (χ1v) is 41.3. The zero-order chi connectivity index (χ0) is 79.1. The van der Waals surface area contributed by atoms with Gasteiger partial charge in [-0.3, -0.25) is 38.4 Å². The molecule has 10 N–H and O–H groups in total. The molecule has 1 aliphatic heterocycles. The highest BCUT2D eigenvalue weighted by atomic mass is 32.2. The molecule has 23 nitrogen and oxygen atoms in total. The van der Waals surface area contributed by atoms with Crippen LogP contribution in [0, 0.1) is 17.8 Å². The maximum Gasteiger partial charge on any atom is 0.407 e. The Morgan fingerprint density at radius 2 is 1.17 bits per heavy atom. The maximum atomic E-state index is 15.5. The Morgan fingerprint density at radius 1 is 0.624 bits per heavy atom. The number of carbonyl (C=O) groups is 10. The number of nitrogens with two attached hydrogens (primary N) is 1. The van der Waals surface area contributed by atoms with Crippen molar-refractivity contribution in [3.63, 3.8) is 0 Å². The summed E-state index contributed by atoms with van der Waals surface area (Å²) in [5, 5.41) is 20.2. The highest BCUT2D eigenvalue weighted by molar-refractivity contribution is 8.00. The summed E-state index contributed by atoms with van der Waals surface area (Å²) in [5.74, 6) is -8.77. The number of aromatic amines is 1. The predicted molar refractivity (Wildman–Crippen MR) is 425 cm³/mol. The lowest BCUT2D eigenvalue weighted by molar-refractivity contribution is -0.152. The van der Waals surface area contributed by atoms with Crippen LogP contribution in [0.4, 0.5) is 4.79 Å². The quantitative estimate of drug-likeness (QED) is 0.0103. The van der Waals surface area contributed by atoms with E-state index in [1.54, 1.807) is 13.1 Å². The number of para-hydroxylation sites is 1. The van der Waals surface area contributed by atoms with Gasteiger partial charge in [-0.15, -0.1) is 11.8 Å². The SMILES string of the molecule is CC[C@H](C)[C@H](C)[C@H](NC(=O)OCC1c2ccccc2-c2ccccc21)C(=O)NC(Cc1c[nH]c2ccccc12)C(=O)NCC(=O)N[C@H](C(=O)NC(C)(C)C(=O)N[C@@H](CSC(c1ccccc1)(c1ccccc1)c1ccccc1)C(=O)N[C@@H](CC(N)=O)C(=O)N1C[C@H](O[Si](C)(C)C(C)(C)C)C[C@H]1C(=O)OC)[C@@H](C)CC. The highest BCUT2D eigenvalue weighted by Crippen LogP contribution is 2.49. The first-order valence-electron chi connectivity index (χ1n) is 37.4. The van der Waals surface area contributed by atoms with E-state index in [2.05, 4.69) is 63.0 Å². The van der Waals surface area contributed by atoms with Gasteiger partial charge in [-0.1, -0.05) is 226 Å². The lowest BCUT2D eigenvalue weighted by Crippen LogP contribution is -2.64. The molecule has 9 rings (SSSR count). The fourth-order valence-electron chi connectivity index (χ4n) is 14.0. The average molecular weight is 1520 g/mol. The van der Waals surface area contributed by atoms with Crippen LogP contribution < -0.4 is 43.0 Å². The van der Waals surface area contributed by atoms with Gasteiger partial charge in [-0.05, 0) is 100 Å². The third-order valence-corrected chi connectivity index (χ3v) is 28.0. The van der Waals surface area contributed by atoms with Gasteiger partial charge in [0.2, 0.25) is 47.3 Å². The number of hydrogen-bond acceptors (Lipinski definition) is 14. The van der Waals surface area contributed by atoms with E-state index >= 15 is 14.4 Å². The van der Waals surface area contributed by atoms with Gasteiger partial charge in [0.1, 0.15) is 48.4 Å².